The summed E-state index contributed by atoms with van der Waals surface area (Å²) in [6, 6.07) is 25.3. The number of ketones is 1. The fraction of sp³-hybridized carbons (Fsp3) is 0.154. The predicted octanol–water partition coefficient (Wildman–Crippen LogP) is 5.40. The summed E-state index contributed by atoms with van der Waals surface area (Å²) in [6.07, 6.45) is 1.43. The summed E-state index contributed by atoms with van der Waals surface area (Å²) < 4.78 is 0. The molecule has 1 aromatic heterocycles. The number of aromatic nitrogens is 2. The van der Waals surface area contributed by atoms with Crippen LogP contribution in [0.5, 0.6) is 0 Å². The van der Waals surface area contributed by atoms with Crippen LogP contribution in [0.2, 0.25) is 0 Å². The van der Waals surface area contributed by atoms with Crippen LogP contribution >= 0.6 is 11.8 Å². The molecule has 6 heteroatoms. The van der Waals surface area contributed by atoms with Gasteiger partial charge in [0.1, 0.15) is 10.7 Å². The Morgan fingerprint density at radius 1 is 0.906 bits per heavy atom. The maximum atomic E-state index is 12.9. The summed E-state index contributed by atoms with van der Waals surface area (Å²) in [5.41, 5.74) is 3.24. The molecule has 32 heavy (non-hydrogen) atoms. The van der Waals surface area contributed by atoms with Gasteiger partial charge in [-0.1, -0.05) is 78.5 Å². The van der Waals surface area contributed by atoms with Gasteiger partial charge >= 0.3 is 0 Å². The average Bonchev–Trinajstić information content (AvgIpc) is 3.28. The molecule has 1 aliphatic heterocycles. The minimum atomic E-state index is 0.00140. The SMILES string of the molecule is O=C(CSc1nnc(-c2ccccc2)c2ccccc12)c1cccc(N2CCCC2=O)c1. The third kappa shape index (κ3) is 4.01. The molecule has 0 bridgehead atoms. The van der Waals surface area contributed by atoms with Gasteiger partial charge < -0.3 is 4.90 Å². The highest BCUT2D eigenvalue weighted by Gasteiger charge is 2.22. The van der Waals surface area contributed by atoms with Gasteiger partial charge in [-0.15, -0.1) is 10.2 Å². The Morgan fingerprint density at radius 3 is 2.47 bits per heavy atom. The molecule has 1 saturated heterocycles. The first-order chi connectivity index (χ1) is 15.7. The molecule has 0 saturated carbocycles. The minimum Gasteiger partial charge on any atom is -0.312 e. The van der Waals surface area contributed by atoms with Gasteiger partial charge in [-0.3, -0.25) is 9.59 Å². The predicted molar refractivity (Wildman–Crippen MR) is 128 cm³/mol. The number of amides is 1. The molecule has 3 aromatic carbocycles. The van der Waals surface area contributed by atoms with E-state index in [-0.39, 0.29) is 17.4 Å². The number of hydrogen-bond donors (Lipinski definition) is 0. The molecule has 0 N–H and O–H groups in total. The summed E-state index contributed by atoms with van der Waals surface area (Å²) in [6.45, 7) is 0.709. The Balaban J connectivity index is 1.38. The van der Waals surface area contributed by atoms with Crippen LogP contribution in [-0.4, -0.2) is 34.2 Å². The van der Waals surface area contributed by atoms with Crippen molar-refractivity contribution in [3.8, 4) is 11.3 Å². The third-order valence-electron chi connectivity index (χ3n) is 5.59. The molecule has 158 valence electrons. The fourth-order valence-corrected chi connectivity index (χ4v) is 4.85. The Kier molecular flexibility index (Phi) is 5.69. The Hall–Kier alpha value is -3.51. The number of benzene rings is 3. The number of nitrogens with zero attached hydrogens (tertiary/aromatic N) is 3. The van der Waals surface area contributed by atoms with E-state index in [9.17, 15) is 9.59 Å². The summed E-state index contributed by atoms with van der Waals surface area (Å²) in [5.74, 6) is 0.367. The normalized spacial score (nSPS) is 13.6. The molecular formula is C26H21N3O2S. The third-order valence-corrected chi connectivity index (χ3v) is 6.58. The van der Waals surface area contributed by atoms with E-state index in [0.29, 0.717) is 18.5 Å². The van der Waals surface area contributed by atoms with Gasteiger partial charge in [-0.2, -0.15) is 0 Å². The molecule has 1 amide bonds. The van der Waals surface area contributed by atoms with Crippen molar-refractivity contribution in [1.29, 1.82) is 0 Å². The van der Waals surface area contributed by atoms with Crippen LogP contribution in [0.4, 0.5) is 5.69 Å². The van der Waals surface area contributed by atoms with Crippen LogP contribution in [0.15, 0.2) is 83.9 Å². The number of carbonyl (C=O) groups is 2. The van der Waals surface area contributed by atoms with Crippen molar-refractivity contribution < 1.29 is 9.59 Å². The molecule has 5 rings (SSSR count). The molecule has 5 nitrogen and oxygen atoms in total. The largest absolute Gasteiger partial charge is 0.312 e. The van der Waals surface area contributed by atoms with Crippen molar-refractivity contribution >= 4 is 39.9 Å². The number of Topliss-reactive ketones (excluding diaryl/α,β-unsaturated/α-hetero) is 1. The van der Waals surface area contributed by atoms with E-state index in [1.165, 1.54) is 11.8 Å². The number of rotatable bonds is 6. The van der Waals surface area contributed by atoms with Crippen LogP contribution in [0.1, 0.15) is 23.2 Å². The molecular weight excluding hydrogens is 418 g/mol. The molecule has 0 atom stereocenters. The second-order valence-corrected chi connectivity index (χ2v) is 8.64. The standard InChI is InChI=1S/C26H21N3O2S/c30-23(19-10-6-11-20(16-19)29-15-7-14-24(29)31)17-32-26-22-13-5-4-12-21(22)25(27-28-26)18-8-2-1-3-9-18/h1-6,8-13,16H,7,14-15,17H2. The van der Waals surface area contributed by atoms with Crippen molar-refractivity contribution in [2.75, 3.05) is 17.2 Å². The lowest BCUT2D eigenvalue weighted by Crippen LogP contribution is -2.23. The van der Waals surface area contributed by atoms with Crippen LogP contribution < -0.4 is 4.90 Å². The van der Waals surface area contributed by atoms with Gasteiger partial charge in [0.15, 0.2) is 5.78 Å². The number of fused-ring (bicyclic) bond motifs is 1. The van der Waals surface area contributed by atoms with E-state index in [1.807, 2.05) is 72.8 Å². The fourth-order valence-electron chi connectivity index (χ4n) is 3.98. The van der Waals surface area contributed by atoms with Gasteiger partial charge in [0.2, 0.25) is 5.91 Å². The van der Waals surface area contributed by atoms with Crippen LogP contribution in [0, 0.1) is 0 Å². The van der Waals surface area contributed by atoms with E-state index >= 15 is 0 Å². The van der Waals surface area contributed by atoms with E-state index in [1.54, 1.807) is 11.0 Å². The smallest absolute Gasteiger partial charge is 0.227 e. The Morgan fingerprint density at radius 2 is 1.69 bits per heavy atom. The molecule has 0 aliphatic carbocycles. The number of carbonyl (C=O) groups excluding carboxylic acids is 2. The van der Waals surface area contributed by atoms with Gasteiger partial charge in [0, 0.05) is 40.6 Å². The average molecular weight is 440 g/mol. The summed E-state index contributed by atoms with van der Waals surface area (Å²) in [7, 11) is 0. The lowest BCUT2D eigenvalue weighted by Gasteiger charge is -2.16. The zero-order valence-electron chi connectivity index (χ0n) is 17.4. The first-order valence-electron chi connectivity index (χ1n) is 10.6. The first kappa shape index (κ1) is 20.4. The molecule has 1 aliphatic rings. The number of anilines is 1. The van der Waals surface area contributed by atoms with E-state index in [4.69, 9.17) is 0 Å². The van der Waals surface area contributed by atoms with Crippen molar-refractivity contribution in [1.82, 2.24) is 10.2 Å². The van der Waals surface area contributed by atoms with Crippen LogP contribution in [-0.2, 0) is 4.79 Å². The zero-order chi connectivity index (χ0) is 21.9. The highest BCUT2D eigenvalue weighted by atomic mass is 32.2. The Bertz CT molecular complexity index is 1310. The molecule has 4 aromatic rings. The maximum absolute atomic E-state index is 12.9. The quantitative estimate of drug-likeness (QED) is 0.297. The van der Waals surface area contributed by atoms with Gasteiger partial charge in [-0.25, -0.2) is 0 Å². The lowest BCUT2D eigenvalue weighted by molar-refractivity contribution is -0.117. The van der Waals surface area contributed by atoms with E-state index < -0.39 is 0 Å². The molecule has 0 spiro atoms. The molecule has 0 unspecified atom stereocenters. The number of thioether (sulfide) groups is 1. The van der Waals surface area contributed by atoms with Crippen LogP contribution in [0.3, 0.4) is 0 Å². The van der Waals surface area contributed by atoms with Crippen molar-refractivity contribution in [2.24, 2.45) is 0 Å². The van der Waals surface area contributed by atoms with E-state index in [2.05, 4.69) is 10.2 Å². The second kappa shape index (κ2) is 8.93. The monoisotopic (exact) mass is 439 g/mol. The molecule has 0 radical (unpaired) electrons. The van der Waals surface area contributed by atoms with Crippen molar-refractivity contribution in [3.05, 3.63) is 84.4 Å². The summed E-state index contributed by atoms with van der Waals surface area (Å²) in [5, 5.41) is 11.7. The maximum Gasteiger partial charge on any atom is 0.227 e. The topological polar surface area (TPSA) is 63.2 Å². The van der Waals surface area contributed by atoms with Crippen LogP contribution in [0.25, 0.3) is 22.0 Å². The second-order valence-electron chi connectivity index (χ2n) is 7.68. The molecule has 1 fully saturated rings. The zero-order valence-corrected chi connectivity index (χ0v) is 18.2. The highest BCUT2D eigenvalue weighted by Crippen LogP contribution is 2.32. The molecule has 2 heterocycles. The van der Waals surface area contributed by atoms with Crippen molar-refractivity contribution in [2.45, 2.75) is 17.9 Å². The highest BCUT2D eigenvalue weighted by molar-refractivity contribution is 8.00. The van der Waals surface area contributed by atoms with Crippen molar-refractivity contribution in [3.63, 3.8) is 0 Å². The summed E-state index contributed by atoms with van der Waals surface area (Å²) >= 11 is 1.39. The minimum absolute atomic E-state index is 0.00140. The number of hydrogen-bond acceptors (Lipinski definition) is 5. The van der Waals surface area contributed by atoms with Gasteiger partial charge in [-0.05, 0) is 18.6 Å². The Labute approximate surface area is 190 Å². The lowest BCUT2D eigenvalue weighted by atomic mass is 10.1. The van der Waals surface area contributed by atoms with Gasteiger partial charge in [0.25, 0.3) is 0 Å². The van der Waals surface area contributed by atoms with Gasteiger partial charge in [0.05, 0.1) is 5.75 Å². The first-order valence-corrected chi connectivity index (χ1v) is 11.6. The van der Waals surface area contributed by atoms with E-state index in [0.717, 1.165) is 39.2 Å². The summed E-state index contributed by atoms with van der Waals surface area (Å²) in [4.78, 5) is 26.7.